The molecule has 1 saturated heterocycles. The molecule has 1 aliphatic heterocycles. The van der Waals surface area contributed by atoms with Crippen molar-refractivity contribution >= 4 is 17.9 Å². The first-order valence-corrected chi connectivity index (χ1v) is 8.53. The number of nitrogens with zero attached hydrogens (tertiary/aromatic N) is 3. The Hall–Kier alpha value is -3.53. The molecule has 1 aliphatic rings. The molecule has 0 spiro atoms. The van der Waals surface area contributed by atoms with Crippen LogP contribution < -0.4 is 0 Å². The first kappa shape index (κ1) is 19.2. The standard InChI is InChI=1S/C21H17F2N3O2/c1-25-17(10-13-6-4-3-5-7-13)20(27)26(2)18(21(25)28)11-15-14(12-24)8-9-16(22)19(15)23/h3-9,11,17H,10H2,1-2H3/b18-11+. The minimum absolute atomic E-state index is 0.127. The van der Waals surface area contributed by atoms with Crippen molar-refractivity contribution in [3.05, 3.63) is 76.5 Å². The summed E-state index contributed by atoms with van der Waals surface area (Å²) in [6.45, 7) is 0. The number of carbonyl (C=O) groups is 2. The summed E-state index contributed by atoms with van der Waals surface area (Å²) in [6.07, 6.45) is 1.38. The van der Waals surface area contributed by atoms with Crippen LogP contribution in [0.1, 0.15) is 16.7 Å². The van der Waals surface area contributed by atoms with E-state index in [9.17, 15) is 18.4 Å². The maximum atomic E-state index is 14.2. The van der Waals surface area contributed by atoms with E-state index in [1.165, 1.54) is 19.0 Å². The summed E-state index contributed by atoms with van der Waals surface area (Å²) in [5.74, 6) is -3.25. The topological polar surface area (TPSA) is 64.4 Å². The van der Waals surface area contributed by atoms with Gasteiger partial charge in [-0.25, -0.2) is 8.78 Å². The highest BCUT2D eigenvalue weighted by molar-refractivity contribution is 6.07. The predicted octanol–water partition coefficient (Wildman–Crippen LogP) is 2.72. The van der Waals surface area contributed by atoms with Crippen LogP contribution in [0.2, 0.25) is 0 Å². The van der Waals surface area contributed by atoms with Gasteiger partial charge < -0.3 is 9.80 Å². The van der Waals surface area contributed by atoms with Crippen molar-refractivity contribution in [2.45, 2.75) is 12.5 Å². The third-order valence-electron chi connectivity index (χ3n) is 4.79. The summed E-state index contributed by atoms with van der Waals surface area (Å²) >= 11 is 0. The number of rotatable bonds is 3. The van der Waals surface area contributed by atoms with Crippen LogP contribution in [0.3, 0.4) is 0 Å². The van der Waals surface area contributed by atoms with Crippen molar-refractivity contribution < 1.29 is 18.4 Å². The molecule has 1 unspecified atom stereocenters. The lowest BCUT2D eigenvalue weighted by atomic mass is 9.99. The molecule has 1 fully saturated rings. The van der Waals surface area contributed by atoms with Crippen LogP contribution in [-0.4, -0.2) is 41.8 Å². The summed E-state index contributed by atoms with van der Waals surface area (Å²) in [4.78, 5) is 28.1. The number of piperazine rings is 1. The van der Waals surface area contributed by atoms with Crippen LogP contribution >= 0.6 is 0 Å². The highest BCUT2D eigenvalue weighted by Gasteiger charge is 2.39. The molecule has 28 heavy (non-hydrogen) atoms. The zero-order chi connectivity index (χ0) is 20.4. The van der Waals surface area contributed by atoms with Gasteiger partial charge in [-0.1, -0.05) is 30.3 Å². The maximum Gasteiger partial charge on any atom is 0.271 e. The van der Waals surface area contributed by atoms with Gasteiger partial charge >= 0.3 is 0 Å². The molecule has 1 heterocycles. The van der Waals surface area contributed by atoms with E-state index in [-0.39, 0.29) is 22.7 Å². The van der Waals surface area contributed by atoms with Crippen molar-refractivity contribution in [1.82, 2.24) is 9.80 Å². The summed E-state index contributed by atoms with van der Waals surface area (Å²) < 4.78 is 27.8. The van der Waals surface area contributed by atoms with E-state index in [0.717, 1.165) is 28.7 Å². The molecule has 0 radical (unpaired) electrons. The molecule has 0 saturated carbocycles. The molecule has 3 rings (SSSR count). The predicted molar refractivity (Wildman–Crippen MR) is 98.5 cm³/mol. The summed E-state index contributed by atoms with van der Waals surface area (Å²) in [5.41, 5.74) is 0.275. The van der Waals surface area contributed by atoms with E-state index in [2.05, 4.69) is 0 Å². The Kier molecular flexibility index (Phi) is 5.23. The lowest BCUT2D eigenvalue weighted by Gasteiger charge is -2.38. The lowest BCUT2D eigenvalue weighted by Crippen LogP contribution is -2.56. The fraction of sp³-hybridized carbons (Fsp3) is 0.190. The van der Waals surface area contributed by atoms with E-state index < -0.39 is 23.6 Å². The van der Waals surface area contributed by atoms with E-state index in [1.807, 2.05) is 30.3 Å². The molecule has 0 aromatic heterocycles. The number of halogens is 2. The molecule has 0 N–H and O–H groups in total. The van der Waals surface area contributed by atoms with Crippen LogP contribution in [0.5, 0.6) is 0 Å². The van der Waals surface area contributed by atoms with Gasteiger partial charge in [0.15, 0.2) is 11.6 Å². The van der Waals surface area contributed by atoms with Gasteiger partial charge in [0.25, 0.3) is 5.91 Å². The number of likely N-dealkylation sites (N-methyl/N-ethyl adjacent to an activating group) is 2. The van der Waals surface area contributed by atoms with Crippen molar-refractivity contribution in [2.75, 3.05) is 14.1 Å². The van der Waals surface area contributed by atoms with Gasteiger partial charge in [-0.2, -0.15) is 5.26 Å². The molecule has 2 amide bonds. The van der Waals surface area contributed by atoms with Gasteiger partial charge in [-0.15, -0.1) is 0 Å². The molecular formula is C21H17F2N3O2. The number of benzene rings is 2. The normalized spacial score (nSPS) is 18.5. The first-order chi connectivity index (χ1) is 13.3. The van der Waals surface area contributed by atoms with Crippen LogP contribution in [0.15, 0.2) is 48.2 Å². The molecule has 2 aromatic carbocycles. The number of carbonyl (C=O) groups excluding carboxylic acids is 2. The van der Waals surface area contributed by atoms with Crippen LogP contribution in [0.4, 0.5) is 8.78 Å². The second kappa shape index (κ2) is 7.61. The largest absolute Gasteiger partial charge is 0.328 e. The second-order valence-corrected chi connectivity index (χ2v) is 6.48. The van der Waals surface area contributed by atoms with E-state index in [4.69, 9.17) is 5.26 Å². The Bertz CT molecular complexity index is 1010. The minimum atomic E-state index is -1.24. The molecular weight excluding hydrogens is 364 g/mol. The summed E-state index contributed by atoms with van der Waals surface area (Å²) in [5, 5.41) is 9.16. The third-order valence-corrected chi connectivity index (χ3v) is 4.79. The molecule has 5 nitrogen and oxygen atoms in total. The van der Waals surface area contributed by atoms with Crippen molar-refractivity contribution in [2.24, 2.45) is 0 Å². The third kappa shape index (κ3) is 3.37. The van der Waals surface area contributed by atoms with E-state index >= 15 is 0 Å². The zero-order valence-electron chi connectivity index (χ0n) is 15.3. The fourth-order valence-corrected chi connectivity index (χ4v) is 3.14. The monoisotopic (exact) mass is 381 g/mol. The van der Waals surface area contributed by atoms with Crippen LogP contribution in [0.25, 0.3) is 6.08 Å². The highest BCUT2D eigenvalue weighted by atomic mass is 19.2. The Morgan fingerprint density at radius 1 is 1.11 bits per heavy atom. The number of hydrogen-bond acceptors (Lipinski definition) is 3. The smallest absolute Gasteiger partial charge is 0.271 e. The van der Waals surface area contributed by atoms with Gasteiger partial charge in [0.2, 0.25) is 5.91 Å². The Labute approximate surface area is 161 Å². The fourth-order valence-electron chi connectivity index (χ4n) is 3.14. The van der Waals surface area contributed by atoms with E-state index in [1.54, 1.807) is 6.07 Å². The van der Waals surface area contributed by atoms with Crippen molar-refractivity contribution in [1.29, 1.82) is 5.26 Å². The van der Waals surface area contributed by atoms with Gasteiger partial charge in [0.1, 0.15) is 11.7 Å². The molecule has 0 aliphatic carbocycles. The summed E-state index contributed by atoms with van der Waals surface area (Å²) in [6, 6.07) is 12.3. The molecule has 7 heteroatoms. The Morgan fingerprint density at radius 3 is 2.43 bits per heavy atom. The zero-order valence-corrected chi connectivity index (χ0v) is 15.3. The number of hydrogen-bond donors (Lipinski definition) is 0. The molecule has 1 atom stereocenters. The first-order valence-electron chi connectivity index (χ1n) is 8.53. The van der Waals surface area contributed by atoms with Crippen LogP contribution in [0, 0.1) is 23.0 Å². The maximum absolute atomic E-state index is 14.2. The van der Waals surface area contributed by atoms with Crippen molar-refractivity contribution in [3.8, 4) is 6.07 Å². The highest BCUT2D eigenvalue weighted by Crippen LogP contribution is 2.26. The van der Waals surface area contributed by atoms with Gasteiger partial charge in [-0.3, -0.25) is 9.59 Å². The van der Waals surface area contributed by atoms with Gasteiger partial charge in [0, 0.05) is 26.1 Å². The van der Waals surface area contributed by atoms with Gasteiger partial charge in [-0.05, 0) is 23.8 Å². The van der Waals surface area contributed by atoms with Crippen LogP contribution in [-0.2, 0) is 16.0 Å². The molecule has 142 valence electrons. The Morgan fingerprint density at radius 2 is 1.79 bits per heavy atom. The average molecular weight is 381 g/mol. The van der Waals surface area contributed by atoms with Crippen molar-refractivity contribution in [3.63, 3.8) is 0 Å². The number of nitriles is 1. The molecule has 2 aromatic rings. The SMILES string of the molecule is CN1C(=O)C(Cc2ccccc2)N(C)C(=O)/C1=C\c1c(C#N)ccc(F)c1F. The minimum Gasteiger partial charge on any atom is -0.328 e. The summed E-state index contributed by atoms with van der Waals surface area (Å²) in [7, 11) is 2.89. The van der Waals surface area contributed by atoms with Gasteiger partial charge in [0.05, 0.1) is 11.6 Å². The number of amides is 2. The average Bonchev–Trinajstić information content (AvgIpc) is 2.71. The molecule has 0 bridgehead atoms. The van der Waals surface area contributed by atoms with E-state index in [0.29, 0.717) is 6.42 Å². The lowest BCUT2D eigenvalue weighted by molar-refractivity contribution is -0.148. The quantitative estimate of drug-likeness (QED) is 0.768. The Balaban J connectivity index is 2.00. The second-order valence-electron chi connectivity index (χ2n) is 6.48.